The normalized spacial score (nSPS) is 12.2. The molecule has 24 heavy (non-hydrogen) atoms. The molecule has 0 unspecified atom stereocenters. The van der Waals surface area contributed by atoms with Gasteiger partial charge in [-0.1, -0.05) is 18.2 Å². The fourth-order valence-electron chi connectivity index (χ4n) is 2.35. The van der Waals surface area contributed by atoms with Crippen LogP contribution in [0.5, 0.6) is 0 Å². The Morgan fingerprint density at radius 3 is 2.75 bits per heavy atom. The van der Waals surface area contributed by atoms with Gasteiger partial charge in [0.1, 0.15) is 17.0 Å². The molecular weight excluding hydrogens is 331 g/mol. The van der Waals surface area contributed by atoms with E-state index in [1.807, 2.05) is 0 Å². The number of aromatic nitrogens is 3. The molecule has 0 aliphatic rings. The molecule has 8 heteroatoms. The van der Waals surface area contributed by atoms with Gasteiger partial charge in [-0.2, -0.15) is 0 Å². The predicted octanol–water partition coefficient (Wildman–Crippen LogP) is 2.13. The van der Waals surface area contributed by atoms with Gasteiger partial charge in [0.25, 0.3) is 0 Å². The van der Waals surface area contributed by atoms with Crippen molar-refractivity contribution in [3.05, 3.63) is 48.5 Å². The summed E-state index contributed by atoms with van der Waals surface area (Å²) in [6, 6.07) is 8.30. The topological polar surface area (TPSA) is 68.1 Å². The van der Waals surface area contributed by atoms with Crippen LogP contribution in [0.3, 0.4) is 0 Å². The van der Waals surface area contributed by atoms with Crippen molar-refractivity contribution in [2.75, 3.05) is 19.8 Å². The average molecular weight is 348 g/mol. The second-order valence-electron chi connectivity index (χ2n) is 5.55. The van der Waals surface area contributed by atoms with E-state index in [1.54, 1.807) is 41.2 Å². The lowest BCUT2D eigenvalue weighted by Gasteiger charge is -2.12. The molecule has 0 amide bonds. The minimum Gasteiger partial charge on any atom is -0.329 e. The molecule has 0 saturated heterocycles. The zero-order valence-corrected chi connectivity index (χ0v) is 14.2. The molecule has 0 fully saturated rings. The number of halogens is 1. The largest absolute Gasteiger partial charge is 0.329 e. The third kappa shape index (κ3) is 3.15. The van der Waals surface area contributed by atoms with Crippen molar-refractivity contribution in [3.8, 4) is 11.5 Å². The molecule has 3 aromatic rings. The SMILES string of the molecule is CN(C)S(=O)(=O)CCn1ccnc1-c1ccc2cccc(F)c2n1. The Balaban J connectivity index is 1.94. The summed E-state index contributed by atoms with van der Waals surface area (Å²) in [5.74, 6) is 0.0578. The minimum absolute atomic E-state index is 0.0503. The summed E-state index contributed by atoms with van der Waals surface area (Å²) in [5.41, 5.74) is 0.769. The molecule has 3 rings (SSSR count). The number of fused-ring (bicyclic) bond motifs is 1. The summed E-state index contributed by atoms with van der Waals surface area (Å²) in [5, 5.41) is 0.701. The Bertz CT molecular complexity index is 983. The number of pyridine rings is 1. The van der Waals surface area contributed by atoms with Gasteiger partial charge < -0.3 is 4.57 Å². The fraction of sp³-hybridized carbons (Fsp3) is 0.250. The van der Waals surface area contributed by atoms with E-state index in [2.05, 4.69) is 9.97 Å². The Kier molecular flexibility index (Phi) is 4.33. The highest BCUT2D eigenvalue weighted by atomic mass is 32.2. The van der Waals surface area contributed by atoms with Crippen molar-refractivity contribution in [2.45, 2.75) is 6.54 Å². The van der Waals surface area contributed by atoms with Gasteiger partial charge >= 0.3 is 0 Å². The maximum Gasteiger partial charge on any atom is 0.215 e. The molecule has 1 aromatic carbocycles. The minimum atomic E-state index is -3.31. The summed E-state index contributed by atoms with van der Waals surface area (Å²) < 4.78 is 40.7. The highest BCUT2D eigenvalue weighted by Crippen LogP contribution is 2.21. The molecule has 0 bridgehead atoms. The van der Waals surface area contributed by atoms with Gasteiger partial charge in [0.2, 0.25) is 10.0 Å². The lowest BCUT2D eigenvalue weighted by atomic mass is 10.2. The molecule has 6 nitrogen and oxygen atoms in total. The quantitative estimate of drug-likeness (QED) is 0.708. The molecule has 0 aliphatic carbocycles. The Morgan fingerprint density at radius 1 is 1.21 bits per heavy atom. The summed E-state index contributed by atoms with van der Waals surface area (Å²) in [6.45, 7) is 0.243. The van der Waals surface area contributed by atoms with Gasteiger partial charge in [-0.3, -0.25) is 0 Å². The van der Waals surface area contributed by atoms with Crippen molar-refractivity contribution in [1.29, 1.82) is 0 Å². The molecule has 2 aromatic heterocycles. The first-order chi connectivity index (χ1) is 11.4. The number of aryl methyl sites for hydroxylation is 1. The van der Waals surface area contributed by atoms with Crippen LogP contribution in [-0.4, -0.2) is 47.1 Å². The zero-order chi connectivity index (χ0) is 17.3. The van der Waals surface area contributed by atoms with Crippen LogP contribution < -0.4 is 0 Å². The average Bonchev–Trinajstić information content (AvgIpc) is 3.01. The van der Waals surface area contributed by atoms with Crippen LogP contribution in [0.15, 0.2) is 42.7 Å². The van der Waals surface area contributed by atoms with E-state index in [-0.39, 0.29) is 17.8 Å². The van der Waals surface area contributed by atoms with Gasteiger partial charge in [-0.25, -0.2) is 27.1 Å². The number of imidazole rings is 1. The van der Waals surface area contributed by atoms with E-state index < -0.39 is 15.8 Å². The highest BCUT2D eigenvalue weighted by Gasteiger charge is 2.16. The van der Waals surface area contributed by atoms with Crippen LogP contribution in [0, 0.1) is 5.82 Å². The number of sulfonamides is 1. The molecule has 0 N–H and O–H groups in total. The van der Waals surface area contributed by atoms with Gasteiger partial charge in [0, 0.05) is 38.4 Å². The van der Waals surface area contributed by atoms with Crippen LogP contribution >= 0.6 is 0 Å². The van der Waals surface area contributed by atoms with Crippen LogP contribution in [0.4, 0.5) is 4.39 Å². The van der Waals surface area contributed by atoms with Gasteiger partial charge in [-0.05, 0) is 12.1 Å². The highest BCUT2D eigenvalue weighted by molar-refractivity contribution is 7.89. The molecule has 0 saturated carbocycles. The summed E-state index contributed by atoms with van der Waals surface area (Å²) in [7, 11) is -0.315. The molecule has 0 atom stereocenters. The second-order valence-corrected chi connectivity index (χ2v) is 7.85. The first-order valence-electron chi connectivity index (χ1n) is 7.35. The smallest absolute Gasteiger partial charge is 0.215 e. The number of para-hydroxylation sites is 1. The summed E-state index contributed by atoms with van der Waals surface area (Å²) in [6.07, 6.45) is 3.26. The van der Waals surface area contributed by atoms with Gasteiger partial charge in [-0.15, -0.1) is 0 Å². The fourth-order valence-corrected chi connectivity index (χ4v) is 3.15. The van der Waals surface area contributed by atoms with E-state index >= 15 is 0 Å². The molecule has 126 valence electrons. The monoisotopic (exact) mass is 348 g/mol. The van der Waals surface area contributed by atoms with E-state index in [0.717, 1.165) is 0 Å². The second kappa shape index (κ2) is 6.29. The van der Waals surface area contributed by atoms with Crippen LogP contribution in [0.25, 0.3) is 22.4 Å². The third-order valence-electron chi connectivity index (χ3n) is 3.76. The maximum absolute atomic E-state index is 13.9. The number of benzene rings is 1. The first kappa shape index (κ1) is 16.5. The number of hydrogen-bond acceptors (Lipinski definition) is 4. The number of hydrogen-bond donors (Lipinski definition) is 0. The Hall–Kier alpha value is -2.32. The van der Waals surface area contributed by atoms with Crippen molar-refractivity contribution < 1.29 is 12.8 Å². The predicted molar refractivity (Wildman–Crippen MR) is 90.4 cm³/mol. The van der Waals surface area contributed by atoms with Crippen molar-refractivity contribution >= 4 is 20.9 Å². The molecule has 0 aliphatic heterocycles. The number of nitrogens with zero attached hydrogens (tertiary/aromatic N) is 4. The Morgan fingerprint density at radius 2 is 2.00 bits per heavy atom. The Labute approximate surface area is 139 Å². The summed E-state index contributed by atoms with van der Waals surface area (Å²) >= 11 is 0. The van der Waals surface area contributed by atoms with Crippen LogP contribution in [0.2, 0.25) is 0 Å². The van der Waals surface area contributed by atoms with E-state index in [1.165, 1.54) is 24.5 Å². The zero-order valence-electron chi connectivity index (χ0n) is 13.3. The van der Waals surface area contributed by atoms with Crippen LogP contribution in [0.1, 0.15) is 0 Å². The van der Waals surface area contributed by atoms with Crippen molar-refractivity contribution in [3.63, 3.8) is 0 Å². The van der Waals surface area contributed by atoms with Crippen LogP contribution in [-0.2, 0) is 16.6 Å². The summed E-state index contributed by atoms with van der Waals surface area (Å²) in [4.78, 5) is 8.58. The maximum atomic E-state index is 13.9. The van der Waals surface area contributed by atoms with Gasteiger partial charge in [0.15, 0.2) is 5.82 Å². The molecular formula is C16H17FN4O2S. The number of rotatable bonds is 5. The van der Waals surface area contributed by atoms with Crippen molar-refractivity contribution in [2.24, 2.45) is 0 Å². The molecule has 0 spiro atoms. The van der Waals surface area contributed by atoms with E-state index in [0.29, 0.717) is 16.9 Å². The lowest BCUT2D eigenvalue weighted by molar-refractivity contribution is 0.515. The lowest BCUT2D eigenvalue weighted by Crippen LogP contribution is -2.27. The molecule has 0 radical (unpaired) electrons. The first-order valence-corrected chi connectivity index (χ1v) is 8.96. The van der Waals surface area contributed by atoms with E-state index in [9.17, 15) is 12.8 Å². The standard InChI is InChI=1S/C16H17FN4O2S/c1-20(2)24(22,23)11-10-21-9-8-18-16(21)14-7-6-12-4-3-5-13(17)15(12)19-14/h3-9H,10-11H2,1-2H3. The third-order valence-corrected chi connectivity index (χ3v) is 5.57. The van der Waals surface area contributed by atoms with Crippen molar-refractivity contribution in [1.82, 2.24) is 18.8 Å². The van der Waals surface area contributed by atoms with E-state index in [4.69, 9.17) is 0 Å². The van der Waals surface area contributed by atoms with Gasteiger partial charge in [0.05, 0.1) is 5.75 Å². The molecule has 2 heterocycles.